The van der Waals surface area contributed by atoms with E-state index in [0.717, 1.165) is 13.1 Å². The molecule has 2 aliphatic heterocycles. The molecule has 166 valence electrons. The minimum absolute atomic E-state index is 0.0176. The Morgan fingerprint density at radius 3 is 2.55 bits per heavy atom. The number of hydrogen-bond donors (Lipinski definition) is 2. The third kappa shape index (κ3) is 3.48. The van der Waals surface area contributed by atoms with Gasteiger partial charge in [-0.15, -0.1) is 0 Å². The van der Waals surface area contributed by atoms with Crippen LogP contribution in [0.5, 0.6) is 17.2 Å². The maximum absolute atomic E-state index is 14.1. The number of carbonyl (C=O) groups is 1. The van der Waals surface area contributed by atoms with E-state index in [9.17, 15) is 9.90 Å². The van der Waals surface area contributed by atoms with Gasteiger partial charge >= 0.3 is 0 Å². The molecule has 1 spiro atoms. The fourth-order valence-electron chi connectivity index (χ4n) is 4.92. The van der Waals surface area contributed by atoms with Gasteiger partial charge in [0.1, 0.15) is 16.8 Å². The zero-order valence-electron chi connectivity index (χ0n) is 18.6. The molecule has 0 aliphatic carbocycles. The molecule has 0 aromatic heterocycles. The van der Waals surface area contributed by atoms with Gasteiger partial charge in [-0.25, -0.2) is 0 Å². The monoisotopic (exact) mass is 425 g/mol. The van der Waals surface area contributed by atoms with Crippen LogP contribution in [-0.4, -0.2) is 42.8 Å². The molecule has 0 bridgehead atoms. The smallest absolute Gasteiger partial charge is 0.175 e. The molecule has 2 aromatic carbocycles. The highest BCUT2D eigenvalue weighted by Crippen LogP contribution is 2.56. The number of carbonyl (C=O) groups excluding carboxylic acids is 1. The van der Waals surface area contributed by atoms with E-state index in [1.807, 2.05) is 45.0 Å². The van der Waals surface area contributed by atoms with E-state index in [-0.39, 0.29) is 11.9 Å². The number of para-hydroxylation sites is 1. The average Bonchev–Trinajstić information content (AvgIpc) is 2.77. The molecule has 0 saturated carbocycles. The molecule has 2 heterocycles. The van der Waals surface area contributed by atoms with Crippen molar-refractivity contribution in [2.75, 3.05) is 20.2 Å². The third-order valence-corrected chi connectivity index (χ3v) is 6.68. The average molecular weight is 426 g/mol. The minimum Gasteiger partial charge on any atom is -0.493 e. The van der Waals surface area contributed by atoms with E-state index in [2.05, 4.69) is 5.32 Å². The number of ketones is 1. The van der Waals surface area contributed by atoms with Gasteiger partial charge in [-0.2, -0.15) is 0 Å². The number of Topliss-reactive ketones (excluding diaryl/α,β-unsaturated/α-hetero) is 1. The zero-order chi connectivity index (χ0) is 22.2. The number of ether oxygens (including phenoxy) is 3. The first-order valence-corrected chi connectivity index (χ1v) is 10.9. The van der Waals surface area contributed by atoms with Crippen LogP contribution >= 0.6 is 0 Å². The summed E-state index contributed by atoms with van der Waals surface area (Å²) in [5, 5.41) is 14.9. The molecule has 2 atom stereocenters. The molecule has 1 fully saturated rings. The van der Waals surface area contributed by atoms with E-state index in [0.29, 0.717) is 41.2 Å². The lowest BCUT2D eigenvalue weighted by molar-refractivity contribution is -0.128. The van der Waals surface area contributed by atoms with E-state index in [1.165, 1.54) is 0 Å². The first-order valence-electron chi connectivity index (χ1n) is 10.9. The van der Waals surface area contributed by atoms with Gasteiger partial charge in [0.25, 0.3) is 0 Å². The number of hydrogen-bond acceptors (Lipinski definition) is 6. The summed E-state index contributed by atoms with van der Waals surface area (Å²) in [6.07, 6.45) is 0.259. The second-order valence-electron chi connectivity index (χ2n) is 8.85. The number of rotatable bonds is 5. The van der Waals surface area contributed by atoms with Gasteiger partial charge in [-0.05, 0) is 58.1 Å². The van der Waals surface area contributed by atoms with Crippen molar-refractivity contribution in [3.63, 3.8) is 0 Å². The van der Waals surface area contributed by atoms with E-state index in [1.54, 1.807) is 25.3 Å². The number of aliphatic hydroxyl groups excluding tert-OH is 1. The highest BCUT2D eigenvalue weighted by Gasteiger charge is 2.62. The van der Waals surface area contributed by atoms with Gasteiger partial charge in [-0.1, -0.05) is 18.2 Å². The lowest BCUT2D eigenvalue weighted by Crippen LogP contribution is -2.64. The third-order valence-electron chi connectivity index (χ3n) is 6.68. The predicted molar refractivity (Wildman–Crippen MR) is 118 cm³/mol. The molecule has 2 unspecified atom stereocenters. The summed E-state index contributed by atoms with van der Waals surface area (Å²) < 4.78 is 17.8. The molecule has 4 rings (SSSR count). The van der Waals surface area contributed by atoms with Gasteiger partial charge in [0.2, 0.25) is 0 Å². The molecule has 0 radical (unpaired) electrons. The van der Waals surface area contributed by atoms with Gasteiger partial charge in [-0.3, -0.25) is 4.79 Å². The number of nitrogens with one attached hydrogen (secondary N) is 1. The first-order chi connectivity index (χ1) is 14.8. The molecule has 6 heteroatoms. The fraction of sp³-hybridized carbons (Fsp3) is 0.480. The van der Waals surface area contributed by atoms with Crippen LogP contribution < -0.4 is 19.5 Å². The molecule has 6 nitrogen and oxygen atoms in total. The summed E-state index contributed by atoms with van der Waals surface area (Å²) >= 11 is 0. The number of benzene rings is 2. The van der Waals surface area contributed by atoms with Crippen molar-refractivity contribution in [3.8, 4) is 17.2 Å². The number of aliphatic hydroxyl groups is 1. The van der Waals surface area contributed by atoms with Gasteiger partial charge in [0.15, 0.2) is 17.3 Å². The summed E-state index contributed by atoms with van der Waals surface area (Å²) in [4.78, 5) is 14.1. The Morgan fingerprint density at radius 2 is 1.87 bits per heavy atom. The zero-order valence-corrected chi connectivity index (χ0v) is 18.6. The molecular formula is C25H31NO5. The first kappa shape index (κ1) is 21.7. The van der Waals surface area contributed by atoms with E-state index in [4.69, 9.17) is 14.2 Å². The van der Waals surface area contributed by atoms with Crippen LogP contribution in [0.4, 0.5) is 0 Å². The minimum atomic E-state index is -1.16. The SMILES string of the molecule is COc1cc(C(=O)C2(C)C(O)c3ccccc3OC23CCNCC3)ccc1OC(C)C. The molecule has 0 amide bonds. The lowest BCUT2D eigenvalue weighted by atomic mass is 9.59. The molecule has 31 heavy (non-hydrogen) atoms. The maximum atomic E-state index is 14.1. The Labute approximate surface area is 183 Å². The van der Waals surface area contributed by atoms with Crippen molar-refractivity contribution in [3.05, 3.63) is 53.6 Å². The van der Waals surface area contributed by atoms with Gasteiger partial charge in [0.05, 0.1) is 19.3 Å². The van der Waals surface area contributed by atoms with Crippen LogP contribution in [0.15, 0.2) is 42.5 Å². The van der Waals surface area contributed by atoms with Crippen molar-refractivity contribution >= 4 is 5.78 Å². The Morgan fingerprint density at radius 1 is 1.16 bits per heavy atom. The molecule has 2 N–H and O–H groups in total. The largest absolute Gasteiger partial charge is 0.493 e. The van der Waals surface area contributed by atoms with E-state index < -0.39 is 17.1 Å². The van der Waals surface area contributed by atoms with Crippen molar-refractivity contribution < 1.29 is 24.1 Å². The number of methoxy groups -OCH3 is 1. The normalized spacial score (nSPS) is 24.4. The Hall–Kier alpha value is -2.57. The Kier molecular flexibility index (Phi) is 5.71. The van der Waals surface area contributed by atoms with Gasteiger partial charge in [0, 0.05) is 24.0 Å². The van der Waals surface area contributed by atoms with Crippen molar-refractivity contribution in [1.82, 2.24) is 5.32 Å². The molecule has 2 aliphatic rings. The second-order valence-corrected chi connectivity index (χ2v) is 8.85. The van der Waals surface area contributed by atoms with Crippen LogP contribution in [0.1, 0.15) is 55.6 Å². The number of fused-ring (bicyclic) bond motifs is 1. The molecule has 2 aromatic rings. The lowest BCUT2D eigenvalue weighted by Gasteiger charge is -2.54. The Bertz CT molecular complexity index is 966. The molecular weight excluding hydrogens is 394 g/mol. The Balaban J connectivity index is 1.81. The van der Waals surface area contributed by atoms with Crippen molar-refractivity contribution in [2.45, 2.75) is 51.4 Å². The van der Waals surface area contributed by atoms with Crippen LogP contribution in [0.25, 0.3) is 0 Å². The predicted octanol–water partition coefficient (Wildman–Crippen LogP) is 3.92. The van der Waals surface area contributed by atoms with Crippen molar-refractivity contribution in [1.29, 1.82) is 0 Å². The van der Waals surface area contributed by atoms with Crippen molar-refractivity contribution in [2.24, 2.45) is 5.41 Å². The van der Waals surface area contributed by atoms with Crippen LogP contribution in [0.3, 0.4) is 0 Å². The summed E-state index contributed by atoms with van der Waals surface area (Å²) in [5.41, 5.74) is -0.845. The van der Waals surface area contributed by atoms with E-state index >= 15 is 0 Å². The summed E-state index contributed by atoms with van der Waals surface area (Å²) in [6.45, 7) is 7.16. The topological polar surface area (TPSA) is 77.0 Å². The highest BCUT2D eigenvalue weighted by molar-refractivity contribution is 6.02. The quantitative estimate of drug-likeness (QED) is 0.707. The number of piperidine rings is 1. The summed E-state index contributed by atoms with van der Waals surface area (Å²) in [7, 11) is 1.56. The summed E-state index contributed by atoms with van der Waals surface area (Å²) in [5.74, 6) is 1.57. The van der Waals surface area contributed by atoms with Crippen LogP contribution in [0.2, 0.25) is 0 Å². The van der Waals surface area contributed by atoms with Crippen LogP contribution in [-0.2, 0) is 0 Å². The summed E-state index contributed by atoms with van der Waals surface area (Å²) in [6, 6.07) is 12.7. The fourth-order valence-corrected chi connectivity index (χ4v) is 4.92. The molecule has 1 saturated heterocycles. The van der Waals surface area contributed by atoms with Crippen LogP contribution in [0, 0.1) is 5.41 Å². The highest BCUT2D eigenvalue weighted by atomic mass is 16.5. The second kappa shape index (κ2) is 8.17. The maximum Gasteiger partial charge on any atom is 0.175 e. The van der Waals surface area contributed by atoms with Gasteiger partial charge < -0.3 is 24.6 Å². The standard InChI is InChI=1S/C25H31NO5/c1-16(2)30-20-10-9-17(15-21(20)29-4)22(27)24(3)23(28)18-7-5-6-8-19(18)31-25(24)11-13-26-14-12-25/h5-10,15-16,23,26,28H,11-14H2,1-4H3.